The summed E-state index contributed by atoms with van der Waals surface area (Å²) in [7, 11) is 3.16. The molecule has 6 heteroatoms. The van der Waals surface area contributed by atoms with Crippen molar-refractivity contribution in [1.29, 1.82) is 0 Å². The molecule has 0 aliphatic carbocycles. The van der Waals surface area contributed by atoms with E-state index in [2.05, 4.69) is 0 Å². The monoisotopic (exact) mass is 416 g/mol. The summed E-state index contributed by atoms with van der Waals surface area (Å²) in [6.45, 7) is -0.131. The second-order valence-electron chi connectivity index (χ2n) is 6.81. The number of fused-ring (bicyclic) bond motifs is 1. The second kappa shape index (κ2) is 8.75. The molecular weight excluding hydrogens is 396 g/mol. The third kappa shape index (κ3) is 4.43. The van der Waals surface area contributed by atoms with Crippen LogP contribution in [-0.2, 0) is 0 Å². The van der Waals surface area contributed by atoms with E-state index < -0.39 is 0 Å². The van der Waals surface area contributed by atoms with Crippen molar-refractivity contribution in [2.24, 2.45) is 0 Å². The Morgan fingerprint density at radius 1 is 0.871 bits per heavy atom. The molecular formula is C25H20O6. The van der Waals surface area contributed by atoms with Gasteiger partial charge in [-0.15, -0.1) is 0 Å². The van der Waals surface area contributed by atoms with Crippen molar-refractivity contribution in [1.82, 2.24) is 0 Å². The quantitative estimate of drug-likeness (QED) is 0.415. The lowest BCUT2D eigenvalue weighted by atomic mass is 10.1. The lowest BCUT2D eigenvalue weighted by Crippen LogP contribution is -2.11. The van der Waals surface area contributed by atoms with E-state index in [4.69, 9.17) is 18.9 Å². The molecule has 3 aromatic carbocycles. The first-order valence-corrected chi connectivity index (χ1v) is 9.60. The molecule has 0 spiro atoms. The first kappa shape index (κ1) is 20.2. The SMILES string of the molecule is COc1ccc(/C=C2/Oc3cc(OCC(=O)c4ccc(OC)cc4)ccc3C2=O)cc1. The van der Waals surface area contributed by atoms with Crippen molar-refractivity contribution in [3.8, 4) is 23.0 Å². The average molecular weight is 416 g/mol. The van der Waals surface area contributed by atoms with Crippen molar-refractivity contribution < 1.29 is 28.5 Å². The summed E-state index contributed by atoms with van der Waals surface area (Å²) >= 11 is 0. The Morgan fingerprint density at radius 2 is 1.48 bits per heavy atom. The van der Waals surface area contributed by atoms with Gasteiger partial charge in [-0.1, -0.05) is 12.1 Å². The minimum atomic E-state index is -0.202. The molecule has 4 rings (SSSR count). The number of ether oxygens (including phenoxy) is 4. The zero-order chi connectivity index (χ0) is 21.8. The van der Waals surface area contributed by atoms with Crippen LogP contribution < -0.4 is 18.9 Å². The van der Waals surface area contributed by atoms with Crippen LogP contribution >= 0.6 is 0 Å². The molecule has 0 radical (unpaired) electrons. The van der Waals surface area contributed by atoms with E-state index in [9.17, 15) is 9.59 Å². The minimum absolute atomic E-state index is 0.131. The van der Waals surface area contributed by atoms with Gasteiger partial charge >= 0.3 is 0 Å². The van der Waals surface area contributed by atoms with Crippen LogP contribution in [-0.4, -0.2) is 32.4 Å². The molecule has 0 N–H and O–H groups in total. The van der Waals surface area contributed by atoms with E-state index in [1.807, 2.05) is 24.3 Å². The van der Waals surface area contributed by atoms with Gasteiger partial charge in [0.05, 0.1) is 19.8 Å². The number of benzene rings is 3. The first-order valence-electron chi connectivity index (χ1n) is 9.60. The summed E-state index contributed by atoms with van der Waals surface area (Å²) in [5.74, 6) is 2.11. The number of rotatable bonds is 7. The van der Waals surface area contributed by atoms with Crippen LogP contribution in [0.3, 0.4) is 0 Å². The Hall–Kier alpha value is -4.06. The summed E-state index contributed by atoms with van der Waals surface area (Å²) < 4.78 is 21.6. The van der Waals surface area contributed by atoms with E-state index >= 15 is 0 Å². The van der Waals surface area contributed by atoms with E-state index in [1.165, 1.54) is 0 Å². The Kier molecular flexibility index (Phi) is 5.71. The average Bonchev–Trinajstić information content (AvgIpc) is 3.12. The van der Waals surface area contributed by atoms with Gasteiger partial charge in [0.1, 0.15) is 23.0 Å². The molecule has 0 saturated carbocycles. The second-order valence-corrected chi connectivity index (χ2v) is 6.81. The number of Topliss-reactive ketones (excluding diaryl/α,β-unsaturated/α-hetero) is 2. The van der Waals surface area contributed by atoms with E-state index in [1.54, 1.807) is 62.8 Å². The molecule has 1 heterocycles. The molecule has 0 fully saturated rings. The van der Waals surface area contributed by atoms with Crippen LogP contribution in [0.4, 0.5) is 0 Å². The van der Waals surface area contributed by atoms with Gasteiger partial charge in [0.25, 0.3) is 0 Å². The largest absolute Gasteiger partial charge is 0.497 e. The number of hydrogen-bond donors (Lipinski definition) is 0. The molecule has 0 bridgehead atoms. The van der Waals surface area contributed by atoms with Crippen LogP contribution in [0.15, 0.2) is 72.5 Å². The Balaban J connectivity index is 1.43. The molecule has 31 heavy (non-hydrogen) atoms. The molecule has 3 aromatic rings. The maximum absolute atomic E-state index is 12.6. The Bertz CT molecular complexity index is 1140. The molecule has 0 unspecified atom stereocenters. The predicted octanol–water partition coefficient (Wildman–Crippen LogP) is 4.58. The fourth-order valence-electron chi connectivity index (χ4n) is 3.12. The van der Waals surface area contributed by atoms with Crippen LogP contribution in [0.5, 0.6) is 23.0 Å². The normalized spacial score (nSPS) is 13.5. The lowest BCUT2D eigenvalue weighted by Gasteiger charge is -2.07. The molecule has 0 saturated heterocycles. The van der Waals surface area contributed by atoms with Gasteiger partial charge < -0.3 is 18.9 Å². The molecule has 1 aliphatic heterocycles. The van der Waals surface area contributed by atoms with Gasteiger partial charge in [0, 0.05) is 11.6 Å². The Labute approximate surface area is 179 Å². The van der Waals surface area contributed by atoms with Crippen LogP contribution in [0, 0.1) is 0 Å². The number of allylic oxidation sites excluding steroid dienone is 1. The molecule has 6 nitrogen and oxygen atoms in total. The molecule has 1 aliphatic rings. The summed E-state index contributed by atoms with van der Waals surface area (Å²) in [5, 5.41) is 0. The van der Waals surface area contributed by atoms with Gasteiger partial charge in [-0.25, -0.2) is 0 Å². The van der Waals surface area contributed by atoms with Crippen LogP contribution in [0.1, 0.15) is 26.3 Å². The van der Waals surface area contributed by atoms with Crippen molar-refractivity contribution in [2.45, 2.75) is 0 Å². The first-order chi connectivity index (χ1) is 15.1. The highest BCUT2D eigenvalue weighted by Crippen LogP contribution is 2.35. The Morgan fingerprint density at radius 3 is 2.13 bits per heavy atom. The van der Waals surface area contributed by atoms with Gasteiger partial charge in [0.2, 0.25) is 5.78 Å². The highest BCUT2D eigenvalue weighted by molar-refractivity contribution is 6.14. The maximum Gasteiger partial charge on any atom is 0.231 e. The number of carbonyl (C=O) groups excluding carboxylic acids is 2. The standard InChI is InChI=1S/C25H20O6/c1-28-18-7-3-16(4-8-18)13-24-25(27)21-12-11-20(14-23(21)31-24)30-15-22(26)17-5-9-19(29-2)10-6-17/h3-14H,15H2,1-2H3/b24-13+. The van der Waals surface area contributed by atoms with Gasteiger partial charge in [-0.3, -0.25) is 9.59 Å². The molecule has 156 valence electrons. The smallest absolute Gasteiger partial charge is 0.231 e. The van der Waals surface area contributed by atoms with Crippen LogP contribution in [0.25, 0.3) is 6.08 Å². The summed E-state index contributed by atoms with van der Waals surface area (Å²) in [6, 6.07) is 19.0. The van der Waals surface area contributed by atoms with Gasteiger partial charge in [0.15, 0.2) is 18.1 Å². The van der Waals surface area contributed by atoms with Gasteiger partial charge in [-0.05, 0) is 60.2 Å². The van der Waals surface area contributed by atoms with E-state index in [0.29, 0.717) is 28.4 Å². The van der Waals surface area contributed by atoms with Crippen molar-refractivity contribution in [3.63, 3.8) is 0 Å². The molecule has 0 atom stereocenters. The predicted molar refractivity (Wildman–Crippen MR) is 115 cm³/mol. The van der Waals surface area contributed by atoms with Crippen molar-refractivity contribution in [2.75, 3.05) is 20.8 Å². The van der Waals surface area contributed by atoms with Crippen molar-refractivity contribution >= 4 is 17.6 Å². The van der Waals surface area contributed by atoms with Crippen LogP contribution in [0.2, 0.25) is 0 Å². The lowest BCUT2D eigenvalue weighted by molar-refractivity contribution is 0.0920. The number of methoxy groups -OCH3 is 2. The summed E-state index contributed by atoms with van der Waals surface area (Å²) in [6.07, 6.45) is 1.68. The van der Waals surface area contributed by atoms with E-state index in [-0.39, 0.29) is 23.9 Å². The number of hydrogen-bond acceptors (Lipinski definition) is 6. The fourth-order valence-corrected chi connectivity index (χ4v) is 3.12. The fraction of sp³-hybridized carbons (Fsp3) is 0.120. The zero-order valence-electron chi connectivity index (χ0n) is 17.1. The highest BCUT2D eigenvalue weighted by atomic mass is 16.5. The highest BCUT2D eigenvalue weighted by Gasteiger charge is 2.27. The number of carbonyl (C=O) groups is 2. The summed E-state index contributed by atoms with van der Waals surface area (Å²) in [4.78, 5) is 25.0. The van der Waals surface area contributed by atoms with Gasteiger partial charge in [-0.2, -0.15) is 0 Å². The minimum Gasteiger partial charge on any atom is -0.497 e. The third-order valence-corrected chi connectivity index (χ3v) is 4.84. The number of ketones is 2. The summed E-state index contributed by atoms with van der Waals surface area (Å²) in [5.41, 5.74) is 1.80. The third-order valence-electron chi connectivity index (χ3n) is 4.84. The van der Waals surface area contributed by atoms with E-state index in [0.717, 1.165) is 11.3 Å². The maximum atomic E-state index is 12.6. The molecule has 0 aromatic heterocycles. The topological polar surface area (TPSA) is 71.1 Å². The molecule has 0 amide bonds. The zero-order valence-corrected chi connectivity index (χ0v) is 17.1. The van der Waals surface area contributed by atoms with Crippen molar-refractivity contribution in [3.05, 3.63) is 89.2 Å².